The van der Waals surface area contributed by atoms with E-state index >= 15 is 0 Å². The van der Waals surface area contributed by atoms with E-state index in [-0.39, 0.29) is 11.7 Å². The van der Waals surface area contributed by atoms with Gasteiger partial charge in [-0.3, -0.25) is 4.79 Å². The third-order valence-corrected chi connectivity index (χ3v) is 8.85. The minimum atomic E-state index is -0.0496. The summed E-state index contributed by atoms with van der Waals surface area (Å²) in [5, 5.41) is 10.7. The van der Waals surface area contributed by atoms with Gasteiger partial charge in [-0.05, 0) is 42.2 Å². The molecule has 186 valence electrons. The van der Waals surface area contributed by atoms with Crippen LogP contribution in [0.3, 0.4) is 0 Å². The molecule has 0 saturated carbocycles. The highest BCUT2D eigenvalue weighted by Crippen LogP contribution is 2.37. The first-order valence-corrected chi connectivity index (χ1v) is 14.2. The summed E-state index contributed by atoms with van der Waals surface area (Å²) in [6.45, 7) is 7.11. The highest BCUT2D eigenvalue weighted by Gasteiger charge is 2.30. The number of hydrogen-bond acceptors (Lipinski definition) is 7. The first kappa shape index (κ1) is 24.3. The second-order valence-electron chi connectivity index (χ2n) is 9.35. The smallest absolute Gasteiger partial charge is 0.268 e. The standard InChI is InChI=1S/C26H32N4O3S2/c1-5-6-7-8-13-34-26-28-27-25-29(17-9-11-18(32-4)12-10-17)23(31)22-19-14-20(16(2)3)33-15-21(19)35-24(22)30(25)26/h9-12,16,20H,5-8,13-15H2,1-4H3. The van der Waals surface area contributed by atoms with Crippen LogP contribution in [0.2, 0.25) is 0 Å². The van der Waals surface area contributed by atoms with Crippen LogP contribution >= 0.6 is 23.1 Å². The van der Waals surface area contributed by atoms with E-state index in [4.69, 9.17) is 9.47 Å². The largest absolute Gasteiger partial charge is 0.497 e. The summed E-state index contributed by atoms with van der Waals surface area (Å²) in [6.07, 6.45) is 5.67. The Morgan fingerprint density at radius 3 is 2.71 bits per heavy atom. The minimum Gasteiger partial charge on any atom is -0.497 e. The van der Waals surface area contributed by atoms with E-state index in [1.807, 2.05) is 24.3 Å². The predicted molar refractivity (Wildman–Crippen MR) is 143 cm³/mol. The molecule has 0 aliphatic carbocycles. The quantitative estimate of drug-likeness (QED) is 0.206. The summed E-state index contributed by atoms with van der Waals surface area (Å²) in [5.41, 5.74) is 1.82. The lowest BCUT2D eigenvalue weighted by atomic mass is 9.96. The Kier molecular flexibility index (Phi) is 7.18. The number of fused-ring (bicyclic) bond motifs is 5. The second-order valence-corrected chi connectivity index (χ2v) is 11.5. The fourth-order valence-electron chi connectivity index (χ4n) is 4.62. The molecule has 7 nitrogen and oxygen atoms in total. The van der Waals surface area contributed by atoms with Gasteiger partial charge in [-0.15, -0.1) is 21.5 Å². The molecule has 1 aromatic carbocycles. The molecule has 35 heavy (non-hydrogen) atoms. The van der Waals surface area contributed by atoms with Crippen molar-refractivity contribution in [2.75, 3.05) is 12.9 Å². The molecule has 0 fully saturated rings. The molecular weight excluding hydrogens is 480 g/mol. The summed E-state index contributed by atoms with van der Waals surface area (Å²) in [6, 6.07) is 7.54. The second kappa shape index (κ2) is 10.3. The maximum absolute atomic E-state index is 14.1. The highest BCUT2D eigenvalue weighted by molar-refractivity contribution is 7.99. The number of nitrogens with zero attached hydrogens (tertiary/aromatic N) is 4. The summed E-state index contributed by atoms with van der Waals surface area (Å²) >= 11 is 3.36. The minimum absolute atomic E-state index is 0.0496. The number of methoxy groups -OCH3 is 1. The Bertz CT molecular complexity index is 1390. The van der Waals surface area contributed by atoms with Gasteiger partial charge in [0.2, 0.25) is 5.78 Å². The Labute approximate surface area is 213 Å². The first-order valence-electron chi connectivity index (χ1n) is 12.4. The molecule has 9 heteroatoms. The lowest BCUT2D eigenvalue weighted by molar-refractivity contribution is 0.00200. The molecule has 1 atom stereocenters. The van der Waals surface area contributed by atoms with Gasteiger partial charge in [0.05, 0.1) is 30.9 Å². The molecule has 5 rings (SSSR count). The molecule has 0 bridgehead atoms. The maximum Gasteiger partial charge on any atom is 0.268 e. The summed E-state index contributed by atoms with van der Waals surface area (Å²) in [4.78, 5) is 16.1. The number of unbranched alkanes of at least 4 members (excludes halogenated alkanes) is 3. The van der Waals surface area contributed by atoms with Crippen molar-refractivity contribution in [1.29, 1.82) is 0 Å². The topological polar surface area (TPSA) is 70.7 Å². The van der Waals surface area contributed by atoms with Crippen LogP contribution in [0, 0.1) is 5.92 Å². The van der Waals surface area contributed by atoms with Gasteiger partial charge < -0.3 is 9.47 Å². The van der Waals surface area contributed by atoms with Crippen LogP contribution in [0.1, 0.15) is 56.9 Å². The number of benzene rings is 1. The van der Waals surface area contributed by atoms with Crippen molar-refractivity contribution in [3.8, 4) is 11.4 Å². The van der Waals surface area contributed by atoms with Crippen LogP contribution in [-0.4, -0.2) is 38.1 Å². The third-order valence-electron chi connectivity index (χ3n) is 6.65. The zero-order valence-electron chi connectivity index (χ0n) is 20.7. The summed E-state index contributed by atoms with van der Waals surface area (Å²) in [7, 11) is 1.64. The molecular formula is C26H32N4O3S2. The molecule has 0 amide bonds. The summed E-state index contributed by atoms with van der Waals surface area (Å²) in [5.74, 6) is 2.65. The number of rotatable bonds is 9. The van der Waals surface area contributed by atoms with E-state index < -0.39 is 0 Å². The SMILES string of the molecule is CCCCCCSc1nnc2n(-c3ccc(OC)cc3)c(=O)c3c4c(sc3n12)COC(C(C)C)C4. The third kappa shape index (κ3) is 4.49. The van der Waals surface area contributed by atoms with Gasteiger partial charge in [0.15, 0.2) is 5.16 Å². The van der Waals surface area contributed by atoms with Gasteiger partial charge in [0.1, 0.15) is 10.6 Å². The van der Waals surface area contributed by atoms with Crippen molar-refractivity contribution in [2.45, 2.75) is 70.7 Å². The van der Waals surface area contributed by atoms with Crippen LogP contribution in [0.15, 0.2) is 34.2 Å². The zero-order chi connectivity index (χ0) is 24.5. The molecule has 4 aromatic rings. The molecule has 0 N–H and O–H groups in total. The normalized spacial score (nSPS) is 15.9. The first-order chi connectivity index (χ1) is 17.0. The Morgan fingerprint density at radius 1 is 1.20 bits per heavy atom. The molecule has 0 spiro atoms. The number of thiophene rings is 1. The molecule has 0 saturated heterocycles. The van der Waals surface area contributed by atoms with Crippen molar-refractivity contribution in [3.63, 3.8) is 0 Å². The van der Waals surface area contributed by atoms with E-state index in [9.17, 15) is 4.79 Å². The van der Waals surface area contributed by atoms with E-state index in [0.717, 1.165) is 55.8 Å². The number of thioether (sulfide) groups is 1. The van der Waals surface area contributed by atoms with Crippen LogP contribution in [0.25, 0.3) is 21.7 Å². The van der Waals surface area contributed by atoms with Gasteiger partial charge in [-0.25, -0.2) is 8.97 Å². The maximum atomic E-state index is 14.1. The molecule has 0 radical (unpaired) electrons. The average molecular weight is 513 g/mol. The number of aromatic nitrogens is 4. The van der Waals surface area contributed by atoms with Crippen LogP contribution in [-0.2, 0) is 17.8 Å². The van der Waals surface area contributed by atoms with Crippen LogP contribution < -0.4 is 10.3 Å². The Hall–Kier alpha value is -2.36. The Balaban J connectivity index is 1.69. The predicted octanol–water partition coefficient (Wildman–Crippen LogP) is 5.87. The van der Waals surface area contributed by atoms with Gasteiger partial charge in [0.25, 0.3) is 5.56 Å². The van der Waals surface area contributed by atoms with Gasteiger partial charge in [0, 0.05) is 17.1 Å². The van der Waals surface area contributed by atoms with Crippen molar-refractivity contribution < 1.29 is 9.47 Å². The monoisotopic (exact) mass is 512 g/mol. The fourth-order valence-corrected chi connectivity index (χ4v) is 6.85. The Morgan fingerprint density at radius 2 is 2.00 bits per heavy atom. The zero-order valence-corrected chi connectivity index (χ0v) is 22.4. The average Bonchev–Trinajstić information content (AvgIpc) is 3.45. The van der Waals surface area contributed by atoms with Gasteiger partial charge >= 0.3 is 0 Å². The lowest BCUT2D eigenvalue weighted by Gasteiger charge is -2.26. The van der Waals surface area contributed by atoms with E-state index in [2.05, 4.69) is 35.4 Å². The fraction of sp³-hybridized carbons (Fsp3) is 0.500. The van der Waals surface area contributed by atoms with Crippen molar-refractivity contribution >= 4 is 39.1 Å². The number of ether oxygens (including phenoxy) is 2. The number of hydrogen-bond donors (Lipinski definition) is 0. The van der Waals surface area contributed by atoms with Crippen molar-refractivity contribution in [3.05, 3.63) is 45.1 Å². The van der Waals surface area contributed by atoms with Crippen molar-refractivity contribution in [1.82, 2.24) is 19.2 Å². The van der Waals surface area contributed by atoms with Gasteiger partial charge in [-0.1, -0.05) is 51.8 Å². The van der Waals surface area contributed by atoms with E-state index in [0.29, 0.717) is 18.3 Å². The molecule has 1 aliphatic rings. The van der Waals surface area contributed by atoms with Crippen molar-refractivity contribution in [2.24, 2.45) is 5.92 Å². The molecule has 3 aromatic heterocycles. The van der Waals surface area contributed by atoms with Crippen LogP contribution in [0.4, 0.5) is 0 Å². The lowest BCUT2D eigenvalue weighted by Crippen LogP contribution is -2.28. The molecule has 1 aliphatic heterocycles. The van der Waals surface area contributed by atoms with E-state index in [1.165, 1.54) is 19.3 Å². The summed E-state index contributed by atoms with van der Waals surface area (Å²) < 4.78 is 15.3. The van der Waals surface area contributed by atoms with E-state index in [1.54, 1.807) is 34.8 Å². The molecule has 1 unspecified atom stereocenters. The van der Waals surface area contributed by atoms with Crippen LogP contribution in [0.5, 0.6) is 5.75 Å². The van der Waals surface area contributed by atoms with Gasteiger partial charge in [-0.2, -0.15) is 0 Å². The molecule has 4 heterocycles. The highest BCUT2D eigenvalue weighted by atomic mass is 32.2.